The molecule has 2 unspecified atom stereocenters. The van der Waals surface area contributed by atoms with Crippen LogP contribution in [-0.4, -0.2) is 109 Å². The standard InChI is InChI=1S/C28H34N8O4/c1-33(25-4-5-26(39)32-27(25)40)31-15-23-12-24(3-2-22(23)19-38)35-10-8-34(9-11-35)16-20-6-7-36(17-20)28-29-13-21(18-37)14-30-28/h2-3,12-15,18-20,25H,4-11,16-17H2,1H3,(H,32,39,40)/b31-15-. The minimum Gasteiger partial charge on any atom is -0.369 e. The largest absolute Gasteiger partial charge is 0.369 e. The smallest absolute Gasteiger partial charge is 0.250 e. The van der Waals surface area contributed by atoms with Gasteiger partial charge in [-0.15, -0.1) is 0 Å². The molecule has 0 spiro atoms. The Hall–Kier alpha value is -4.19. The topological polar surface area (TPSA) is 131 Å². The molecule has 0 radical (unpaired) electrons. The maximum absolute atomic E-state index is 12.1. The lowest BCUT2D eigenvalue weighted by Gasteiger charge is -2.37. The Bertz CT molecular complexity index is 1280. The Morgan fingerprint density at radius 3 is 2.48 bits per heavy atom. The first-order valence-corrected chi connectivity index (χ1v) is 13.6. The number of carbonyl (C=O) groups excluding carboxylic acids is 4. The predicted molar refractivity (Wildman–Crippen MR) is 150 cm³/mol. The average Bonchev–Trinajstić information content (AvgIpc) is 3.44. The third-order valence-corrected chi connectivity index (χ3v) is 7.85. The van der Waals surface area contributed by atoms with E-state index >= 15 is 0 Å². The number of anilines is 2. The van der Waals surface area contributed by atoms with Gasteiger partial charge in [-0.3, -0.25) is 34.4 Å². The van der Waals surface area contributed by atoms with E-state index in [1.165, 1.54) is 5.01 Å². The number of aromatic nitrogens is 2. The summed E-state index contributed by atoms with van der Waals surface area (Å²) in [5.74, 6) is 0.595. The van der Waals surface area contributed by atoms with Gasteiger partial charge >= 0.3 is 0 Å². The van der Waals surface area contributed by atoms with Crippen LogP contribution in [0.5, 0.6) is 0 Å². The van der Waals surface area contributed by atoms with Gasteiger partial charge in [0.05, 0.1) is 11.8 Å². The second-order valence-corrected chi connectivity index (χ2v) is 10.5. The van der Waals surface area contributed by atoms with E-state index in [4.69, 9.17) is 0 Å². The Labute approximate surface area is 233 Å². The molecule has 3 aliphatic heterocycles. The summed E-state index contributed by atoms with van der Waals surface area (Å²) in [6.07, 6.45) is 8.07. The van der Waals surface area contributed by atoms with E-state index < -0.39 is 6.04 Å². The first-order valence-electron chi connectivity index (χ1n) is 13.6. The van der Waals surface area contributed by atoms with Crippen LogP contribution in [0.15, 0.2) is 35.7 Å². The summed E-state index contributed by atoms with van der Waals surface area (Å²) in [7, 11) is 1.69. The van der Waals surface area contributed by atoms with Crippen molar-refractivity contribution in [2.45, 2.75) is 25.3 Å². The Kier molecular flexibility index (Phi) is 8.44. The first kappa shape index (κ1) is 27.4. The highest BCUT2D eigenvalue weighted by molar-refractivity contribution is 6.00. The normalized spacial score (nSPS) is 22.0. The van der Waals surface area contributed by atoms with E-state index in [-0.39, 0.29) is 18.2 Å². The van der Waals surface area contributed by atoms with Gasteiger partial charge in [0.1, 0.15) is 6.04 Å². The van der Waals surface area contributed by atoms with Crippen molar-refractivity contribution >= 4 is 42.2 Å². The molecule has 12 nitrogen and oxygen atoms in total. The van der Waals surface area contributed by atoms with Crippen molar-refractivity contribution in [3.8, 4) is 0 Å². The number of hydrazone groups is 1. The van der Waals surface area contributed by atoms with Crippen LogP contribution in [0, 0.1) is 5.92 Å². The molecule has 2 atom stereocenters. The third kappa shape index (κ3) is 6.33. The first-order chi connectivity index (χ1) is 19.4. The van der Waals surface area contributed by atoms with Crippen LogP contribution in [-0.2, 0) is 9.59 Å². The van der Waals surface area contributed by atoms with Crippen molar-refractivity contribution in [3.63, 3.8) is 0 Å². The molecule has 1 N–H and O–H groups in total. The number of likely N-dealkylation sites (N-methyl/N-ethyl adjacent to an activating group) is 1. The predicted octanol–water partition coefficient (Wildman–Crippen LogP) is 0.821. The highest BCUT2D eigenvalue weighted by Crippen LogP contribution is 2.24. The highest BCUT2D eigenvalue weighted by Gasteiger charge is 2.30. The molecule has 12 heteroatoms. The zero-order valence-corrected chi connectivity index (χ0v) is 22.6. The van der Waals surface area contributed by atoms with Gasteiger partial charge in [0.15, 0.2) is 12.6 Å². The maximum atomic E-state index is 12.1. The van der Waals surface area contributed by atoms with Crippen molar-refractivity contribution in [1.82, 2.24) is 25.2 Å². The zero-order valence-electron chi connectivity index (χ0n) is 22.6. The lowest BCUT2D eigenvalue weighted by atomic mass is 10.1. The molecule has 2 aromatic rings. The van der Waals surface area contributed by atoms with Gasteiger partial charge in [-0.05, 0) is 37.0 Å². The number of imide groups is 1. The summed E-state index contributed by atoms with van der Waals surface area (Å²) in [6, 6.07) is 5.21. The van der Waals surface area contributed by atoms with E-state index in [9.17, 15) is 19.2 Å². The minimum absolute atomic E-state index is 0.267. The van der Waals surface area contributed by atoms with E-state index in [0.29, 0.717) is 35.0 Å². The number of piperazine rings is 1. The second kappa shape index (κ2) is 12.3. The molecule has 0 bridgehead atoms. The molecule has 0 aliphatic carbocycles. The molecular weight excluding hydrogens is 512 g/mol. The van der Waals surface area contributed by atoms with Crippen molar-refractivity contribution in [2.75, 3.05) is 62.7 Å². The van der Waals surface area contributed by atoms with Crippen molar-refractivity contribution in [1.29, 1.82) is 0 Å². The molecule has 1 aromatic heterocycles. The molecule has 3 fully saturated rings. The fourth-order valence-electron chi connectivity index (χ4n) is 5.52. The van der Waals surface area contributed by atoms with E-state index in [2.05, 4.69) is 35.1 Å². The number of rotatable bonds is 9. The highest BCUT2D eigenvalue weighted by atomic mass is 16.2. The SMILES string of the molecule is CN(/N=C\c1cc(N2CCN(CC3CCN(c4ncc(C=O)cn4)C3)CC2)ccc1C=O)C1CCC(=O)NC1=O. The molecule has 3 aliphatic rings. The number of amides is 2. The van der Waals surface area contributed by atoms with Crippen LogP contribution >= 0.6 is 0 Å². The van der Waals surface area contributed by atoms with E-state index in [1.54, 1.807) is 31.7 Å². The molecule has 210 valence electrons. The lowest BCUT2D eigenvalue weighted by Crippen LogP contribution is -2.49. The Balaban J connectivity index is 1.14. The number of benzene rings is 1. The van der Waals surface area contributed by atoms with Crippen molar-refractivity contribution in [2.24, 2.45) is 11.0 Å². The average molecular weight is 547 g/mol. The van der Waals surface area contributed by atoms with Crippen molar-refractivity contribution < 1.29 is 19.2 Å². The fraction of sp³-hybridized carbons (Fsp3) is 0.464. The van der Waals surface area contributed by atoms with Crippen LogP contribution in [0.25, 0.3) is 0 Å². The van der Waals surface area contributed by atoms with E-state index in [0.717, 1.165) is 70.5 Å². The molecule has 3 saturated heterocycles. The monoisotopic (exact) mass is 546 g/mol. The van der Waals surface area contributed by atoms with Gasteiger partial charge in [-0.1, -0.05) is 0 Å². The zero-order chi connectivity index (χ0) is 28.1. The number of hydrogen-bond acceptors (Lipinski definition) is 11. The van der Waals surface area contributed by atoms with E-state index in [1.807, 2.05) is 12.1 Å². The van der Waals surface area contributed by atoms with Gasteiger partial charge in [-0.25, -0.2) is 9.97 Å². The van der Waals surface area contributed by atoms with Crippen LogP contribution < -0.4 is 15.1 Å². The third-order valence-electron chi connectivity index (χ3n) is 7.85. The summed E-state index contributed by atoms with van der Waals surface area (Å²) in [4.78, 5) is 61.8. The Morgan fingerprint density at radius 2 is 1.77 bits per heavy atom. The van der Waals surface area contributed by atoms with Gasteiger partial charge < -0.3 is 9.80 Å². The molecular formula is C28H34N8O4. The number of nitrogens with one attached hydrogen (secondary N) is 1. The molecule has 4 heterocycles. The number of aldehydes is 2. The number of nitrogens with zero attached hydrogens (tertiary/aromatic N) is 7. The quantitative estimate of drug-likeness (QED) is 0.209. The summed E-state index contributed by atoms with van der Waals surface area (Å²) in [6.45, 7) is 6.47. The summed E-state index contributed by atoms with van der Waals surface area (Å²) < 4.78 is 0. The van der Waals surface area contributed by atoms with Crippen LogP contribution in [0.3, 0.4) is 0 Å². The van der Waals surface area contributed by atoms with Gasteiger partial charge in [0.25, 0.3) is 5.91 Å². The van der Waals surface area contributed by atoms with Crippen LogP contribution in [0.4, 0.5) is 11.6 Å². The maximum Gasteiger partial charge on any atom is 0.250 e. The molecule has 40 heavy (non-hydrogen) atoms. The van der Waals surface area contributed by atoms with Gasteiger partial charge in [0, 0.05) is 88.5 Å². The fourth-order valence-corrected chi connectivity index (χ4v) is 5.52. The summed E-state index contributed by atoms with van der Waals surface area (Å²) in [5.41, 5.74) is 2.72. The van der Waals surface area contributed by atoms with Crippen molar-refractivity contribution in [3.05, 3.63) is 47.3 Å². The molecule has 5 rings (SSSR count). The molecule has 0 saturated carbocycles. The summed E-state index contributed by atoms with van der Waals surface area (Å²) in [5, 5.41) is 8.30. The molecule has 2 amide bonds. The Morgan fingerprint density at radius 1 is 1.00 bits per heavy atom. The number of piperidine rings is 1. The second-order valence-electron chi connectivity index (χ2n) is 10.5. The van der Waals surface area contributed by atoms with Gasteiger partial charge in [-0.2, -0.15) is 5.10 Å². The number of hydrogen-bond donors (Lipinski definition) is 1. The number of carbonyl (C=O) groups is 4. The molecule has 1 aromatic carbocycles. The minimum atomic E-state index is -0.521. The van der Waals surface area contributed by atoms with Crippen LogP contribution in [0.1, 0.15) is 45.5 Å². The summed E-state index contributed by atoms with van der Waals surface area (Å²) >= 11 is 0. The lowest BCUT2D eigenvalue weighted by molar-refractivity contribution is -0.137. The van der Waals surface area contributed by atoms with Crippen LogP contribution in [0.2, 0.25) is 0 Å². The van der Waals surface area contributed by atoms with Gasteiger partial charge in [0.2, 0.25) is 11.9 Å².